The number of urea groups is 1. The number of amides is 2. The second-order valence-corrected chi connectivity index (χ2v) is 9.80. The van der Waals surface area contributed by atoms with Gasteiger partial charge in [0.15, 0.2) is 9.84 Å². The van der Waals surface area contributed by atoms with Crippen LogP contribution in [0.25, 0.3) is 0 Å². The molecular formula is C20H18ClN3O3S. The number of sulfone groups is 1. The summed E-state index contributed by atoms with van der Waals surface area (Å²) in [5.41, 5.74) is 2.78. The van der Waals surface area contributed by atoms with Crippen molar-refractivity contribution >= 4 is 33.2 Å². The normalized spacial score (nSPS) is 23.0. The molecule has 2 saturated heterocycles. The molecule has 2 unspecified atom stereocenters. The van der Waals surface area contributed by atoms with E-state index in [4.69, 9.17) is 16.9 Å². The molecule has 0 radical (unpaired) electrons. The van der Waals surface area contributed by atoms with E-state index in [1.165, 1.54) is 0 Å². The van der Waals surface area contributed by atoms with Crippen molar-refractivity contribution in [2.45, 2.75) is 25.6 Å². The third-order valence-electron chi connectivity index (χ3n) is 5.32. The van der Waals surface area contributed by atoms with Gasteiger partial charge in [-0.05, 0) is 42.3 Å². The van der Waals surface area contributed by atoms with Gasteiger partial charge in [-0.25, -0.2) is 13.2 Å². The third-order valence-corrected chi connectivity index (χ3v) is 7.43. The lowest BCUT2D eigenvalue weighted by molar-refractivity contribution is 0.206. The number of fused-ring (bicyclic) bond motifs is 1. The van der Waals surface area contributed by atoms with Crippen molar-refractivity contribution in [3.8, 4) is 6.07 Å². The highest BCUT2D eigenvalue weighted by Crippen LogP contribution is 2.37. The quantitative estimate of drug-likeness (QED) is 0.721. The number of aryl methyl sites for hydroxylation is 1. The Bertz CT molecular complexity index is 1110. The van der Waals surface area contributed by atoms with Gasteiger partial charge in [0.2, 0.25) is 0 Å². The van der Waals surface area contributed by atoms with Crippen molar-refractivity contribution in [3.05, 3.63) is 64.2 Å². The van der Waals surface area contributed by atoms with E-state index >= 15 is 0 Å². The van der Waals surface area contributed by atoms with Crippen LogP contribution in [-0.2, 0) is 16.4 Å². The van der Waals surface area contributed by atoms with Crippen LogP contribution in [0, 0.1) is 18.3 Å². The number of halogens is 1. The van der Waals surface area contributed by atoms with Gasteiger partial charge in [0.05, 0.1) is 35.2 Å². The maximum atomic E-state index is 13.2. The van der Waals surface area contributed by atoms with Crippen molar-refractivity contribution in [3.63, 3.8) is 0 Å². The van der Waals surface area contributed by atoms with E-state index in [0.717, 1.165) is 11.1 Å². The van der Waals surface area contributed by atoms with Gasteiger partial charge in [0, 0.05) is 17.3 Å². The molecular weight excluding hydrogens is 398 g/mol. The fourth-order valence-electron chi connectivity index (χ4n) is 3.93. The Morgan fingerprint density at radius 3 is 2.64 bits per heavy atom. The Hall–Kier alpha value is -2.56. The summed E-state index contributed by atoms with van der Waals surface area (Å²) in [5, 5.41) is 9.63. The molecule has 2 fully saturated rings. The van der Waals surface area contributed by atoms with Crippen LogP contribution in [0.3, 0.4) is 0 Å². The van der Waals surface area contributed by atoms with Gasteiger partial charge in [-0.1, -0.05) is 29.8 Å². The Kier molecular flexibility index (Phi) is 4.56. The molecule has 4 rings (SSSR count). The minimum absolute atomic E-state index is 0.0581. The molecule has 2 aromatic rings. The first-order chi connectivity index (χ1) is 13.3. The topological polar surface area (TPSA) is 81.5 Å². The maximum Gasteiger partial charge on any atom is 0.325 e. The van der Waals surface area contributed by atoms with Gasteiger partial charge in [0.25, 0.3) is 0 Å². The molecule has 0 aromatic heterocycles. The van der Waals surface area contributed by atoms with Crippen LogP contribution in [0.4, 0.5) is 10.5 Å². The first-order valence-electron chi connectivity index (χ1n) is 8.84. The number of hydrogen-bond acceptors (Lipinski definition) is 4. The average molecular weight is 416 g/mol. The molecule has 2 atom stereocenters. The van der Waals surface area contributed by atoms with Crippen LogP contribution in [0.2, 0.25) is 5.02 Å². The van der Waals surface area contributed by atoms with E-state index in [9.17, 15) is 13.2 Å². The van der Waals surface area contributed by atoms with Gasteiger partial charge in [-0.15, -0.1) is 0 Å². The molecule has 28 heavy (non-hydrogen) atoms. The summed E-state index contributed by atoms with van der Waals surface area (Å²) in [6, 6.07) is 13.3. The van der Waals surface area contributed by atoms with Gasteiger partial charge < -0.3 is 4.90 Å². The first-order valence-corrected chi connectivity index (χ1v) is 11.0. The van der Waals surface area contributed by atoms with Crippen LogP contribution >= 0.6 is 11.6 Å². The molecule has 0 N–H and O–H groups in total. The zero-order chi connectivity index (χ0) is 20.1. The van der Waals surface area contributed by atoms with Gasteiger partial charge in [0.1, 0.15) is 0 Å². The number of nitriles is 1. The summed E-state index contributed by atoms with van der Waals surface area (Å²) in [6.45, 7) is 2.12. The summed E-state index contributed by atoms with van der Waals surface area (Å²) in [7, 11) is -3.25. The lowest BCUT2D eigenvalue weighted by atomic mass is 10.1. The summed E-state index contributed by atoms with van der Waals surface area (Å²) in [6.07, 6.45) is 0. The summed E-state index contributed by atoms with van der Waals surface area (Å²) in [5.74, 6) is -0.124. The number of nitrogens with zero attached hydrogens (tertiary/aromatic N) is 3. The van der Waals surface area contributed by atoms with E-state index in [2.05, 4.69) is 6.07 Å². The highest BCUT2D eigenvalue weighted by atomic mass is 35.5. The lowest BCUT2D eigenvalue weighted by Gasteiger charge is -2.23. The van der Waals surface area contributed by atoms with Crippen molar-refractivity contribution in [2.75, 3.05) is 16.4 Å². The van der Waals surface area contributed by atoms with Crippen LogP contribution in [0.1, 0.15) is 16.7 Å². The van der Waals surface area contributed by atoms with Crippen molar-refractivity contribution in [1.29, 1.82) is 5.26 Å². The van der Waals surface area contributed by atoms with Crippen molar-refractivity contribution < 1.29 is 13.2 Å². The molecule has 2 aliphatic rings. The molecule has 6 nitrogen and oxygen atoms in total. The zero-order valence-electron chi connectivity index (χ0n) is 15.2. The second-order valence-electron chi connectivity index (χ2n) is 7.24. The maximum absolute atomic E-state index is 13.2. The number of benzene rings is 2. The van der Waals surface area contributed by atoms with Crippen LogP contribution in [0.5, 0.6) is 0 Å². The van der Waals surface area contributed by atoms with Gasteiger partial charge in [-0.2, -0.15) is 5.26 Å². The zero-order valence-corrected chi connectivity index (χ0v) is 16.7. The fraction of sp³-hybridized carbons (Fsp3) is 0.300. The van der Waals surface area contributed by atoms with E-state index in [-0.39, 0.29) is 24.1 Å². The highest BCUT2D eigenvalue weighted by Gasteiger charge is 2.53. The fourth-order valence-corrected chi connectivity index (χ4v) is 6.06. The SMILES string of the molecule is Cc1ccc(N2C(=O)N(Cc3cccc(C#N)c3)C3CS(=O)(=O)CC32)cc1Cl. The molecule has 144 valence electrons. The number of carbonyl (C=O) groups is 1. The van der Waals surface area contributed by atoms with E-state index in [1.54, 1.807) is 40.1 Å². The molecule has 2 heterocycles. The highest BCUT2D eigenvalue weighted by molar-refractivity contribution is 7.91. The van der Waals surface area contributed by atoms with Crippen LogP contribution in [-0.4, -0.2) is 42.9 Å². The average Bonchev–Trinajstić information content (AvgIpc) is 3.08. The van der Waals surface area contributed by atoms with E-state index in [0.29, 0.717) is 16.3 Å². The predicted octanol–water partition coefficient (Wildman–Crippen LogP) is 3.13. The van der Waals surface area contributed by atoms with Crippen molar-refractivity contribution in [2.24, 2.45) is 0 Å². The van der Waals surface area contributed by atoms with Gasteiger partial charge >= 0.3 is 6.03 Å². The molecule has 2 amide bonds. The number of rotatable bonds is 3. The molecule has 0 aliphatic carbocycles. The monoisotopic (exact) mass is 415 g/mol. The second kappa shape index (κ2) is 6.80. The molecule has 0 bridgehead atoms. The summed E-state index contributed by atoms with van der Waals surface area (Å²) < 4.78 is 24.6. The molecule has 0 saturated carbocycles. The standard InChI is InChI=1S/C20H18ClN3O3S/c1-13-5-6-16(8-17(13)21)24-19-12-28(26,27)11-18(19)23(20(24)25)10-15-4-2-3-14(7-15)9-22/h2-8,18-19H,10-12H2,1H3. The largest absolute Gasteiger partial charge is 0.325 e. The summed E-state index contributed by atoms with van der Waals surface area (Å²) >= 11 is 6.24. The molecule has 0 spiro atoms. The molecule has 8 heteroatoms. The third kappa shape index (κ3) is 3.23. The minimum Gasteiger partial charge on any atom is -0.314 e. The van der Waals surface area contributed by atoms with E-state index in [1.807, 2.05) is 19.1 Å². The Balaban J connectivity index is 1.72. The first kappa shape index (κ1) is 18.8. The number of anilines is 1. The van der Waals surface area contributed by atoms with Crippen LogP contribution < -0.4 is 4.90 Å². The Morgan fingerprint density at radius 1 is 1.18 bits per heavy atom. The molecule has 2 aromatic carbocycles. The predicted molar refractivity (Wildman–Crippen MR) is 107 cm³/mol. The lowest BCUT2D eigenvalue weighted by Crippen LogP contribution is -2.37. The molecule has 2 aliphatic heterocycles. The summed E-state index contributed by atoms with van der Waals surface area (Å²) in [4.78, 5) is 16.4. The number of hydrogen-bond donors (Lipinski definition) is 0. The van der Waals surface area contributed by atoms with Crippen molar-refractivity contribution in [1.82, 2.24) is 4.90 Å². The van der Waals surface area contributed by atoms with E-state index < -0.39 is 21.9 Å². The minimum atomic E-state index is -3.25. The Labute approximate surface area is 168 Å². The Morgan fingerprint density at radius 2 is 1.93 bits per heavy atom. The number of carbonyl (C=O) groups excluding carboxylic acids is 1. The smallest absolute Gasteiger partial charge is 0.314 e. The van der Waals surface area contributed by atoms with Gasteiger partial charge in [-0.3, -0.25) is 4.90 Å². The van der Waals surface area contributed by atoms with Crippen LogP contribution in [0.15, 0.2) is 42.5 Å².